The second-order valence-electron chi connectivity index (χ2n) is 7.57. The Morgan fingerprint density at radius 3 is 2.00 bits per heavy atom. The van der Waals surface area contributed by atoms with E-state index in [9.17, 15) is 14.4 Å². The van der Waals surface area contributed by atoms with E-state index in [-0.39, 0.29) is 6.61 Å². The maximum Gasteiger partial charge on any atom is 0.303 e. The average Bonchev–Trinajstić information content (AvgIpc) is 3.00. The molecule has 0 amide bonds. The van der Waals surface area contributed by atoms with Crippen molar-refractivity contribution >= 4 is 17.9 Å². The highest BCUT2D eigenvalue weighted by molar-refractivity contribution is 5.68. The number of hydrogen-bond donors (Lipinski definition) is 0. The minimum atomic E-state index is -1.60. The molecule has 3 rings (SSSR count). The van der Waals surface area contributed by atoms with Gasteiger partial charge in [-0.3, -0.25) is 14.4 Å². The predicted molar refractivity (Wildman–Crippen MR) is 97.2 cm³/mol. The lowest BCUT2D eigenvalue weighted by atomic mass is 9.95. The van der Waals surface area contributed by atoms with Gasteiger partial charge in [-0.1, -0.05) is 0 Å². The standard InChI is InChI=1S/C19H28O12/c1-8(20)26-13-15(27-9(2)21)18-30-12-11(29-17(24-6)14(12)23-5)7-25-19(4,31-18)16(13)28-10(3)22/h11-18H,7H2,1-6H3/t11-,12+,13+,14-,15-,16-,17-,18-,19+/m1/s1. The molecule has 0 aliphatic carbocycles. The minimum absolute atomic E-state index is 0.0314. The summed E-state index contributed by atoms with van der Waals surface area (Å²) >= 11 is 0. The van der Waals surface area contributed by atoms with Crippen molar-refractivity contribution < 1.29 is 57.0 Å². The average molecular weight is 448 g/mol. The monoisotopic (exact) mass is 448 g/mol. The number of carbonyl (C=O) groups is 3. The molecule has 3 aliphatic rings. The largest absolute Gasteiger partial charge is 0.454 e. The Labute approximate surface area is 179 Å². The van der Waals surface area contributed by atoms with Crippen molar-refractivity contribution in [2.24, 2.45) is 0 Å². The number of carbonyl (C=O) groups excluding carboxylic acids is 3. The van der Waals surface area contributed by atoms with Crippen molar-refractivity contribution in [2.45, 2.75) is 82.7 Å². The van der Waals surface area contributed by atoms with Crippen molar-refractivity contribution in [3.8, 4) is 0 Å². The van der Waals surface area contributed by atoms with Crippen molar-refractivity contribution in [3.63, 3.8) is 0 Å². The van der Waals surface area contributed by atoms with Gasteiger partial charge in [0, 0.05) is 35.0 Å². The van der Waals surface area contributed by atoms with Crippen molar-refractivity contribution in [1.29, 1.82) is 0 Å². The van der Waals surface area contributed by atoms with E-state index in [4.69, 9.17) is 42.6 Å². The number of ether oxygens (including phenoxy) is 9. The predicted octanol–water partition coefficient (Wildman–Crippen LogP) is -0.344. The molecule has 12 heteroatoms. The van der Waals surface area contributed by atoms with E-state index in [2.05, 4.69) is 0 Å². The molecule has 0 radical (unpaired) electrons. The van der Waals surface area contributed by atoms with Crippen LogP contribution < -0.4 is 0 Å². The van der Waals surface area contributed by atoms with Crippen molar-refractivity contribution in [2.75, 3.05) is 20.8 Å². The zero-order valence-corrected chi connectivity index (χ0v) is 18.2. The quantitative estimate of drug-likeness (QED) is 0.402. The summed E-state index contributed by atoms with van der Waals surface area (Å²) in [5.41, 5.74) is 0. The van der Waals surface area contributed by atoms with Crippen LogP contribution >= 0.6 is 0 Å². The summed E-state index contributed by atoms with van der Waals surface area (Å²) in [4.78, 5) is 35.5. The van der Waals surface area contributed by atoms with Gasteiger partial charge in [0.1, 0.15) is 18.3 Å². The topological polar surface area (TPSA) is 134 Å². The van der Waals surface area contributed by atoms with Crippen LogP contribution in [-0.2, 0) is 57.0 Å². The summed E-state index contributed by atoms with van der Waals surface area (Å²) in [6, 6.07) is 0. The number of hydrogen-bond acceptors (Lipinski definition) is 12. The van der Waals surface area contributed by atoms with Crippen LogP contribution in [-0.4, -0.2) is 93.7 Å². The number of rotatable bonds is 5. The number of esters is 3. The molecule has 0 unspecified atom stereocenters. The Hall–Kier alpha value is -1.83. The van der Waals surface area contributed by atoms with Crippen molar-refractivity contribution in [3.05, 3.63) is 0 Å². The fourth-order valence-electron chi connectivity index (χ4n) is 4.03. The first-order chi connectivity index (χ1) is 14.6. The summed E-state index contributed by atoms with van der Waals surface area (Å²) in [5, 5.41) is 0. The van der Waals surface area contributed by atoms with Gasteiger partial charge in [0.25, 0.3) is 0 Å². The number of methoxy groups -OCH3 is 2. The molecule has 0 aromatic rings. The van der Waals surface area contributed by atoms with Gasteiger partial charge in [0.2, 0.25) is 12.1 Å². The molecule has 9 atom stereocenters. The molecule has 31 heavy (non-hydrogen) atoms. The molecular formula is C19H28O12. The highest BCUT2D eigenvalue weighted by atomic mass is 16.8. The van der Waals surface area contributed by atoms with Gasteiger partial charge in [-0.25, -0.2) is 0 Å². The van der Waals surface area contributed by atoms with Crippen LogP contribution in [0.1, 0.15) is 27.7 Å². The Balaban J connectivity index is 2.01. The van der Waals surface area contributed by atoms with Crippen LogP contribution in [0.15, 0.2) is 0 Å². The highest BCUT2D eigenvalue weighted by Crippen LogP contribution is 2.41. The summed E-state index contributed by atoms with van der Waals surface area (Å²) in [5.74, 6) is -3.64. The van der Waals surface area contributed by atoms with Crippen LogP contribution in [0, 0.1) is 0 Å². The van der Waals surface area contributed by atoms with Crippen LogP contribution in [0.25, 0.3) is 0 Å². The first kappa shape index (κ1) is 23.8. The second kappa shape index (κ2) is 9.35. The molecule has 0 saturated carbocycles. The van der Waals surface area contributed by atoms with Crippen LogP contribution in [0.4, 0.5) is 0 Å². The van der Waals surface area contributed by atoms with Gasteiger partial charge in [-0.15, -0.1) is 0 Å². The third-order valence-corrected chi connectivity index (χ3v) is 5.25. The minimum Gasteiger partial charge on any atom is -0.454 e. The Kier molecular flexibility index (Phi) is 7.18. The highest BCUT2D eigenvalue weighted by Gasteiger charge is 2.62. The van der Waals surface area contributed by atoms with E-state index in [1.165, 1.54) is 41.9 Å². The smallest absolute Gasteiger partial charge is 0.303 e. The van der Waals surface area contributed by atoms with Gasteiger partial charge in [0.15, 0.2) is 24.6 Å². The lowest BCUT2D eigenvalue weighted by Crippen LogP contribution is -2.69. The molecule has 0 aromatic carbocycles. The summed E-state index contributed by atoms with van der Waals surface area (Å²) in [6.07, 6.45) is -7.75. The Morgan fingerprint density at radius 2 is 1.45 bits per heavy atom. The molecule has 176 valence electrons. The summed E-state index contributed by atoms with van der Waals surface area (Å²) in [7, 11) is 2.93. The van der Waals surface area contributed by atoms with Gasteiger partial charge in [-0.05, 0) is 6.92 Å². The molecule has 12 nitrogen and oxygen atoms in total. The maximum atomic E-state index is 11.8. The van der Waals surface area contributed by atoms with Crippen LogP contribution in [0.3, 0.4) is 0 Å². The molecular weight excluding hydrogens is 420 g/mol. The van der Waals surface area contributed by atoms with Gasteiger partial charge in [-0.2, -0.15) is 0 Å². The van der Waals surface area contributed by atoms with E-state index in [0.717, 1.165) is 0 Å². The maximum absolute atomic E-state index is 11.8. The zero-order chi connectivity index (χ0) is 22.9. The third-order valence-electron chi connectivity index (χ3n) is 5.25. The SMILES string of the molecule is CO[C@@H]1O[C@@H]2CO[C@@]3(C)O[C@@H](O[C@@H]2[C@H]1OC)[C@H](OC(C)=O)[C@H](OC(C)=O)[C@H]3OC(C)=O. The van der Waals surface area contributed by atoms with E-state index in [0.29, 0.717) is 0 Å². The Bertz CT molecular complexity index is 697. The molecule has 2 bridgehead atoms. The van der Waals surface area contributed by atoms with Crippen LogP contribution in [0.5, 0.6) is 0 Å². The van der Waals surface area contributed by atoms with Gasteiger partial charge < -0.3 is 42.6 Å². The van der Waals surface area contributed by atoms with Gasteiger partial charge in [0.05, 0.1) is 6.61 Å². The second-order valence-corrected chi connectivity index (χ2v) is 7.57. The molecule has 3 saturated heterocycles. The molecule has 0 aromatic heterocycles. The van der Waals surface area contributed by atoms with E-state index in [1.807, 2.05) is 0 Å². The van der Waals surface area contributed by atoms with Crippen LogP contribution in [0.2, 0.25) is 0 Å². The number of fused-ring (bicyclic) bond motifs is 3. The zero-order valence-electron chi connectivity index (χ0n) is 18.2. The molecule has 3 aliphatic heterocycles. The molecule has 0 N–H and O–H groups in total. The van der Waals surface area contributed by atoms with E-state index >= 15 is 0 Å². The van der Waals surface area contributed by atoms with Gasteiger partial charge >= 0.3 is 17.9 Å². The fraction of sp³-hybridized carbons (Fsp3) is 0.842. The summed E-state index contributed by atoms with van der Waals surface area (Å²) < 4.78 is 50.9. The first-order valence-corrected chi connectivity index (χ1v) is 9.79. The first-order valence-electron chi connectivity index (χ1n) is 9.79. The Morgan fingerprint density at radius 1 is 0.839 bits per heavy atom. The molecule has 3 heterocycles. The summed E-state index contributed by atoms with van der Waals surface area (Å²) in [6.45, 7) is 5.02. The van der Waals surface area contributed by atoms with Crippen molar-refractivity contribution in [1.82, 2.24) is 0 Å². The van der Waals surface area contributed by atoms with E-state index in [1.54, 1.807) is 0 Å². The lowest BCUT2D eigenvalue weighted by molar-refractivity contribution is -0.418. The van der Waals surface area contributed by atoms with E-state index < -0.39 is 72.9 Å². The third kappa shape index (κ3) is 4.83. The fourth-order valence-corrected chi connectivity index (χ4v) is 4.03. The molecule has 3 fully saturated rings. The molecule has 0 spiro atoms. The lowest BCUT2D eigenvalue weighted by Gasteiger charge is -2.51. The normalized spacial score (nSPS) is 42.0.